The van der Waals surface area contributed by atoms with Gasteiger partial charge in [0.1, 0.15) is 19.2 Å². The van der Waals surface area contributed by atoms with Crippen LogP contribution in [0.25, 0.3) is 6.08 Å². The Morgan fingerprint density at radius 3 is 2.55 bits per heavy atom. The molecule has 112 valence electrons. The normalized spacial score (nSPS) is 14.0. The van der Waals surface area contributed by atoms with Crippen molar-refractivity contribution in [3.63, 3.8) is 0 Å². The minimum atomic E-state index is -4.41. The van der Waals surface area contributed by atoms with Crippen LogP contribution in [0.3, 0.4) is 0 Å². The molecular formula is C14H21NO4S. The molecule has 0 aromatic heterocycles. The van der Waals surface area contributed by atoms with Gasteiger partial charge in [-0.1, -0.05) is 36.9 Å². The molecular weight excluding hydrogens is 278 g/mol. The fourth-order valence-corrected chi connectivity index (χ4v) is 2.84. The van der Waals surface area contributed by atoms with E-state index in [1.54, 1.807) is 6.08 Å². The van der Waals surface area contributed by atoms with Crippen molar-refractivity contribution in [2.75, 3.05) is 26.4 Å². The van der Waals surface area contributed by atoms with Gasteiger partial charge in [-0.15, -0.1) is 0 Å². The zero-order valence-electron chi connectivity index (χ0n) is 11.8. The van der Waals surface area contributed by atoms with E-state index in [0.29, 0.717) is 11.0 Å². The molecule has 0 amide bonds. The molecule has 20 heavy (non-hydrogen) atoms. The van der Waals surface area contributed by atoms with Crippen LogP contribution in [0, 0.1) is 0 Å². The van der Waals surface area contributed by atoms with Gasteiger partial charge in [-0.05, 0) is 5.56 Å². The lowest BCUT2D eigenvalue weighted by molar-refractivity contribution is -0.906. The van der Waals surface area contributed by atoms with E-state index in [4.69, 9.17) is 0 Å². The average molecular weight is 299 g/mol. The average Bonchev–Trinajstić information content (AvgIpc) is 2.25. The number of likely N-dealkylation sites (N-methyl/N-ethyl adjacent to an activating group) is 1. The van der Waals surface area contributed by atoms with Gasteiger partial charge in [-0.3, -0.25) is 0 Å². The van der Waals surface area contributed by atoms with Gasteiger partial charge in [-0.2, -0.15) is 0 Å². The summed E-state index contributed by atoms with van der Waals surface area (Å²) in [7, 11) is -0.657. The first-order valence-corrected chi connectivity index (χ1v) is 7.85. The second-order valence-electron chi connectivity index (χ2n) is 5.56. The molecule has 1 aromatic carbocycles. The summed E-state index contributed by atoms with van der Waals surface area (Å²) in [5.41, 5.74) is 2.06. The number of quaternary nitrogens is 1. The van der Waals surface area contributed by atoms with Crippen molar-refractivity contribution >= 4 is 16.2 Å². The quantitative estimate of drug-likeness (QED) is 0.597. The van der Waals surface area contributed by atoms with Crippen molar-refractivity contribution in [2.24, 2.45) is 0 Å². The van der Waals surface area contributed by atoms with Crippen molar-refractivity contribution in [1.82, 2.24) is 0 Å². The van der Waals surface area contributed by atoms with Gasteiger partial charge < -0.3 is 14.1 Å². The largest absolute Gasteiger partial charge is 0.748 e. The summed E-state index contributed by atoms with van der Waals surface area (Å²) >= 11 is 0. The van der Waals surface area contributed by atoms with Crippen molar-refractivity contribution in [2.45, 2.75) is 12.6 Å². The second-order valence-corrected chi connectivity index (χ2v) is 7.01. The van der Waals surface area contributed by atoms with Gasteiger partial charge in [0.15, 0.2) is 0 Å². The Hall–Kier alpha value is -1.21. The van der Waals surface area contributed by atoms with Gasteiger partial charge >= 0.3 is 0 Å². The van der Waals surface area contributed by atoms with Gasteiger partial charge in [0.25, 0.3) is 0 Å². The molecule has 1 atom stereocenters. The smallest absolute Gasteiger partial charge is 0.116 e. The standard InChI is InChI=1S/C14H21NO4S/c1-4-12-7-5-6-8-13(12)9-15(2,3)10-14(16)11-20(17,18)19/h4-8,14,16H,1,9-11H2,2-3H3. The molecule has 0 aliphatic heterocycles. The molecule has 1 N–H and O–H groups in total. The Bertz CT molecular complexity index is 566. The summed E-state index contributed by atoms with van der Waals surface area (Å²) in [6.07, 6.45) is 0.594. The predicted octanol–water partition coefficient (Wildman–Crippen LogP) is 0.812. The van der Waals surface area contributed by atoms with E-state index in [0.717, 1.165) is 11.1 Å². The monoisotopic (exact) mass is 299 g/mol. The van der Waals surface area contributed by atoms with E-state index in [1.807, 2.05) is 38.4 Å². The maximum absolute atomic E-state index is 10.7. The number of hydrogen-bond donors (Lipinski definition) is 1. The predicted molar refractivity (Wildman–Crippen MR) is 77.8 cm³/mol. The molecule has 1 unspecified atom stereocenters. The first-order valence-electron chi connectivity index (χ1n) is 6.27. The Morgan fingerprint density at radius 2 is 2.00 bits per heavy atom. The molecule has 0 fully saturated rings. The van der Waals surface area contributed by atoms with Gasteiger partial charge in [-0.25, -0.2) is 8.42 Å². The van der Waals surface area contributed by atoms with Gasteiger partial charge in [0, 0.05) is 5.56 Å². The lowest BCUT2D eigenvalue weighted by Crippen LogP contribution is -2.46. The first kappa shape index (κ1) is 16.8. The third-order valence-electron chi connectivity index (χ3n) is 2.97. The van der Waals surface area contributed by atoms with Crippen LogP contribution in [0.1, 0.15) is 11.1 Å². The highest BCUT2D eigenvalue weighted by Gasteiger charge is 2.23. The van der Waals surface area contributed by atoms with Crippen LogP contribution in [0.2, 0.25) is 0 Å². The molecule has 0 aliphatic carbocycles. The molecule has 5 nitrogen and oxygen atoms in total. The molecule has 6 heteroatoms. The van der Waals surface area contributed by atoms with E-state index in [2.05, 4.69) is 6.58 Å². The van der Waals surface area contributed by atoms with Crippen molar-refractivity contribution in [3.8, 4) is 0 Å². The van der Waals surface area contributed by atoms with Crippen molar-refractivity contribution < 1.29 is 22.6 Å². The van der Waals surface area contributed by atoms with Crippen LogP contribution in [-0.2, 0) is 16.7 Å². The molecule has 1 aromatic rings. The summed E-state index contributed by atoms with van der Waals surface area (Å²) in [6, 6.07) is 7.74. The minimum Gasteiger partial charge on any atom is -0.748 e. The van der Waals surface area contributed by atoms with E-state index in [1.165, 1.54) is 0 Å². The molecule has 0 radical (unpaired) electrons. The van der Waals surface area contributed by atoms with Crippen molar-refractivity contribution in [1.29, 1.82) is 0 Å². The van der Waals surface area contributed by atoms with E-state index >= 15 is 0 Å². The van der Waals surface area contributed by atoms with Crippen LogP contribution < -0.4 is 0 Å². The number of aliphatic hydroxyl groups is 1. The van der Waals surface area contributed by atoms with E-state index in [9.17, 15) is 18.1 Å². The molecule has 0 heterocycles. The highest BCUT2D eigenvalue weighted by Crippen LogP contribution is 2.16. The topological polar surface area (TPSA) is 77.4 Å². The number of hydrogen-bond acceptors (Lipinski definition) is 4. The fraction of sp³-hybridized carbons (Fsp3) is 0.429. The maximum atomic E-state index is 10.7. The van der Waals surface area contributed by atoms with Crippen molar-refractivity contribution in [3.05, 3.63) is 42.0 Å². The lowest BCUT2D eigenvalue weighted by atomic mass is 10.1. The van der Waals surface area contributed by atoms with Gasteiger partial charge in [0.2, 0.25) is 0 Å². The van der Waals surface area contributed by atoms with E-state index in [-0.39, 0.29) is 6.54 Å². The number of nitrogens with zero attached hydrogens (tertiary/aromatic N) is 1. The van der Waals surface area contributed by atoms with Crippen LogP contribution >= 0.6 is 0 Å². The van der Waals surface area contributed by atoms with Crippen LogP contribution in [0.5, 0.6) is 0 Å². The highest BCUT2D eigenvalue weighted by atomic mass is 32.2. The summed E-state index contributed by atoms with van der Waals surface area (Å²) < 4.78 is 32.3. The molecule has 0 bridgehead atoms. The SMILES string of the molecule is C=Cc1ccccc1C[N+](C)(C)CC(O)CS(=O)(=O)[O-]. The summed E-state index contributed by atoms with van der Waals surface area (Å²) in [5.74, 6) is -0.752. The molecule has 0 saturated heterocycles. The zero-order valence-corrected chi connectivity index (χ0v) is 12.6. The van der Waals surface area contributed by atoms with E-state index < -0.39 is 22.0 Å². The van der Waals surface area contributed by atoms with Gasteiger partial charge in [0.05, 0.1) is 30.0 Å². The Morgan fingerprint density at radius 1 is 1.40 bits per heavy atom. The molecule has 1 rings (SSSR count). The third kappa shape index (κ3) is 5.83. The van der Waals surface area contributed by atoms with Crippen LogP contribution in [0.4, 0.5) is 0 Å². The summed E-state index contributed by atoms with van der Waals surface area (Å²) in [6.45, 7) is 4.55. The number of rotatable bonds is 7. The first-order chi connectivity index (χ1) is 9.13. The maximum Gasteiger partial charge on any atom is 0.116 e. The second kappa shape index (κ2) is 6.49. The third-order valence-corrected chi connectivity index (χ3v) is 3.77. The van der Waals surface area contributed by atoms with Crippen LogP contribution in [-0.4, -0.2) is 55.1 Å². The Balaban J connectivity index is 2.76. The summed E-state index contributed by atoms with van der Waals surface area (Å²) in [4.78, 5) is 0. The molecule has 0 saturated carbocycles. The minimum absolute atomic E-state index is 0.187. The molecule has 0 aliphatic rings. The number of aliphatic hydroxyl groups excluding tert-OH is 1. The lowest BCUT2D eigenvalue weighted by Gasteiger charge is -2.32. The number of benzene rings is 1. The fourth-order valence-electron chi connectivity index (χ4n) is 2.26. The van der Waals surface area contributed by atoms with Crippen LogP contribution in [0.15, 0.2) is 30.8 Å². The molecule has 0 spiro atoms. The summed E-state index contributed by atoms with van der Waals surface area (Å²) in [5, 5.41) is 9.71. The zero-order chi connectivity index (χ0) is 15.4. The highest BCUT2D eigenvalue weighted by molar-refractivity contribution is 7.85. The Kier molecular flexibility index (Phi) is 5.47. The Labute approximate surface area is 120 Å².